The molecular weight excluding hydrogens is 386 g/mol. The summed E-state index contributed by atoms with van der Waals surface area (Å²) in [6.07, 6.45) is 5.07. The summed E-state index contributed by atoms with van der Waals surface area (Å²) in [6.45, 7) is 10.1. The zero-order valence-electron chi connectivity index (χ0n) is 17.2. The third-order valence-electron chi connectivity index (χ3n) is 5.25. The highest BCUT2D eigenvalue weighted by atomic mass is 32.1. The lowest BCUT2D eigenvalue weighted by Crippen LogP contribution is -2.24. The van der Waals surface area contributed by atoms with Crippen LogP contribution in [-0.2, 0) is 6.42 Å². The van der Waals surface area contributed by atoms with Crippen LogP contribution in [0.4, 0.5) is 9.93 Å². The van der Waals surface area contributed by atoms with E-state index in [1.807, 2.05) is 0 Å². The summed E-state index contributed by atoms with van der Waals surface area (Å²) in [6, 6.07) is -0.386. The fourth-order valence-corrected chi connectivity index (χ4v) is 5.09. The Bertz CT molecular complexity index is 1000. The first-order chi connectivity index (χ1) is 13.9. The summed E-state index contributed by atoms with van der Waals surface area (Å²) in [5.41, 5.74) is 9.78. The normalized spacial score (nSPS) is 20.2. The zero-order chi connectivity index (χ0) is 20.7. The van der Waals surface area contributed by atoms with E-state index in [0.29, 0.717) is 11.7 Å². The molecule has 4 N–H and O–H groups in total. The first kappa shape index (κ1) is 19.6. The number of nitrogens with one attached hydrogen (secondary N) is 2. The molecule has 0 saturated heterocycles. The van der Waals surface area contributed by atoms with Gasteiger partial charge in [-0.1, -0.05) is 24.3 Å². The van der Waals surface area contributed by atoms with Crippen LogP contribution in [0.25, 0.3) is 10.6 Å². The van der Waals surface area contributed by atoms with E-state index in [1.54, 1.807) is 0 Å². The molecule has 2 aliphatic rings. The van der Waals surface area contributed by atoms with Crippen LogP contribution in [0.1, 0.15) is 62.5 Å². The number of likely N-dealkylation sites (N-methyl/N-ethyl adjacent to an activating group) is 1. The van der Waals surface area contributed by atoms with Crippen LogP contribution in [0.2, 0.25) is 0 Å². The molecule has 2 amide bonds. The Labute approximate surface area is 174 Å². The van der Waals surface area contributed by atoms with Gasteiger partial charge >= 0.3 is 6.03 Å². The van der Waals surface area contributed by atoms with Crippen LogP contribution in [0.5, 0.6) is 0 Å². The predicted molar refractivity (Wildman–Crippen MR) is 117 cm³/mol. The van der Waals surface area contributed by atoms with Gasteiger partial charge in [-0.2, -0.15) is 5.10 Å². The topological polar surface area (TPSA) is 110 Å². The van der Waals surface area contributed by atoms with E-state index in [0.717, 1.165) is 40.8 Å². The Morgan fingerprint density at radius 2 is 2.24 bits per heavy atom. The highest BCUT2D eigenvalue weighted by Gasteiger charge is 2.35. The maximum Gasteiger partial charge on any atom is 0.318 e. The molecule has 0 aromatic carbocycles. The SMILES string of the molecule is CCNC1=NCC(c2nn(C(C)C)c3c2C(C)Cc2nc(NC(N)=O)sc2-3)C=C1. The van der Waals surface area contributed by atoms with Crippen LogP contribution >= 0.6 is 11.3 Å². The predicted octanol–water partition coefficient (Wildman–Crippen LogP) is 3.40. The van der Waals surface area contributed by atoms with Crippen LogP contribution in [-0.4, -0.2) is 39.7 Å². The van der Waals surface area contributed by atoms with Crippen LogP contribution in [0.3, 0.4) is 0 Å². The zero-order valence-corrected chi connectivity index (χ0v) is 18.0. The molecule has 8 nitrogen and oxygen atoms in total. The summed E-state index contributed by atoms with van der Waals surface area (Å²) in [7, 11) is 0. The Balaban J connectivity index is 1.78. The minimum absolute atomic E-state index is 0.159. The van der Waals surface area contributed by atoms with Gasteiger partial charge in [-0.15, -0.1) is 0 Å². The smallest absolute Gasteiger partial charge is 0.318 e. The fraction of sp³-hybridized carbons (Fsp3) is 0.500. The molecule has 0 fully saturated rings. The molecule has 0 spiro atoms. The lowest BCUT2D eigenvalue weighted by atomic mass is 9.84. The van der Waals surface area contributed by atoms with Gasteiger partial charge in [0.15, 0.2) is 5.13 Å². The molecule has 0 bridgehead atoms. The van der Waals surface area contributed by atoms with Crippen molar-refractivity contribution in [2.24, 2.45) is 10.7 Å². The molecule has 1 aliphatic heterocycles. The molecule has 4 rings (SSSR count). The quantitative estimate of drug-likeness (QED) is 0.713. The summed E-state index contributed by atoms with van der Waals surface area (Å²) in [4.78, 5) is 21.7. The number of hydrogen-bond donors (Lipinski definition) is 3. The number of nitrogens with two attached hydrogens (primary N) is 1. The van der Waals surface area contributed by atoms with Gasteiger partial charge < -0.3 is 11.1 Å². The molecule has 3 heterocycles. The molecule has 2 aromatic heterocycles. The van der Waals surface area contributed by atoms with E-state index < -0.39 is 6.03 Å². The van der Waals surface area contributed by atoms with E-state index in [4.69, 9.17) is 10.8 Å². The average Bonchev–Trinajstić information content (AvgIpc) is 3.23. The van der Waals surface area contributed by atoms with Crippen molar-refractivity contribution < 1.29 is 4.79 Å². The highest BCUT2D eigenvalue weighted by Crippen LogP contribution is 2.47. The lowest BCUT2D eigenvalue weighted by molar-refractivity contribution is 0.259. The van der Waals surface area contributed by atoms with E-state index in [1.165, 1.54) is 16.9 Å². The summed E-state index contributed by atoms with van der Waals surface area (Å²) >= 11 is 1.47. The molecular formula is C20H27N7OS. The van der Waals surface area contributed by atoms with Crippen molar-refractivity contribution >= 4 is 28.3 Å². The van der Waals surface area contributed by atoms with Gasteiger partial charge in [0.25, 0.3) is 0 Å². The third kappa shape index (κ3) is 3.55. The second-order valence-electron chi connectivity index (χ2n) is 7.80. The standard InChI is InChI=1S/C20H27N7OS/c1-5-22-14-7-6-12(9-23-14)16-15-11(4)8-13-18(17(15)27(26-16)10(2)3)29-20(24-13)25-19(21)28/h6-7,10-12H,5,8-9H2,1-4H3,(H,22,23)(H3,21,24,25,28). The molecule has 9 heteroatoms. The average molecular weight is 414 g/mol. The molecule has 154 valence electrons. The molecule has 0 saturated carbocycles. The largest absolute Gasteiger partial charge is 0.371 e. The van der Waals surface area contributed by atoms with Gasteiger partial charge in [-0.05, 0) is 39.2 Å². The number of aliphatic imine (C=N–C) groups is 1. The number of dihydropyridines is 1. The summed E-state index contributed by atoms with van der Waals surface area (Å²) in [5.74, 6) is 1.38. The van der Waals surface area contributed by atoms with Crippen molar-refractivity contribution in [3.05, 3.63) is 29.1 Å². The van der Waals surface area contributed by atoms with Crippen LogP contribution < -0.4 is 16.4 Å². The maximum absolute atomic E-state index is 11.3. The Morgan fingerprint density at radius 3 is 2.86 bits per heavy atom. The van der Waals surface area contributed by atoms with E-state index >= 15 is 0 Å². The number of primary amides is 1. The van der Waals surface area contributed by atoms with Crippen molar-refractivity contribution in [2.45, 2.75) is 52.0 Å². The summed E-state index contributed by atoms with van der Waals surface area (Å²) in [5, 5.41) is 11.5. The fourth-order valence-electron chi connectivity index (χ4n) is 4.04. The number of urea groups is 1. The van der Waals surface area contributed by atoms with Gasteiger partial charge in [0.2, 0.25) is 0 Å². The maximum atomic E-state index is 11.3. The minimum Gasteiger partial charge on any atom is -0.371 e. The van der Waals surface area contributed by atoms with Crippen LogP contribution in [0, 0.1) is 0 Å². The lowest BCUT2D eigenvalue weighted by Gasteiger charge is -2.22. The van der Waals surface area contributed by atoms with Crippen molar-refractivity contribution in [3.63, 3.8) is 0 Å². The van der Waals surface area contributed by atoms with Crippen molar-refractivity contribution in [3.8, 4) is 10.6 Å². The molecule has 29 heavy (non-hydrogen) atoms. The van der Waals surface area contributed by atoms with Gasteiger partial charge in [0, 0.05) is 24.1 Å². The summed E-state index contributed by atoms with van der Waals surface area (Å²) < 4.78 is 2.10. The molecule has 2 aromatic rings. The number of fused-ring (bicyclic) bond motifs is 3. The van der Waals surface area contributed by atoms with Crippen molar-refractivity contribution in [1.82, 2.24) is 20.1 Å². The van der Waals surface area contributed by atoms with E-state index in [2.05, 4.69) is 65.1 Å². The van der Waals surface area contributed by atoms with Gasteiger partial charge in [0.1, 0.15) is 5.84 Å². The number of rotatable bonds is 4. The Morgan fingerprint density at radius 1 is 1.45 bits per heavy atom. The molecule has 2 unspecified atom stereocenters. The Kier molecular flexibility index (Phi) is 5.16. The first-order valence-corrected chi connectivity index (χ1v) is 10.9. The van der Waals surface area contributed by atoms with Crippen molar-refractivity contribution in [1.29, 1.82) is 0 Å². The number of thiazole rings is 1. The second-order valence-corrected chi connectivity index (χ2v) is 8.80. The number of aromatic nitrogens is 3. The van der Waals surface area contributed by atoms with Crippen molar-refractivity contribution in [2.75, 3.05) is 18.4 Å². The number of hydrogen-bond acceptors (Lipinski definition) is 6. The highest BCUT2D eigenvalue weighted by molar-refractivity contribution is 7.19. The van der Waals surface area contributed by atoms with E-state index in [9.17, 15) is 4.79 Å². The molecule has 2 atom stereocenters. The van der Waals surface area contributed by atoms with E-state index in [-0.39, 0.29) is 17.9 Å². The number of nitrogens with zero attached hydrogens (tertiary/aromatic N) is 4. The number of amides is 2. The number of carbonyl (C=O) groups excluding carboxylic acids is 1. The Hall–Kier alpha value is -2.68. The number of amidine groups is 1. The second kappa shape index (κ2) is 7.62. The van der Waals surface area contributed by atoms with Crippen LogP contribution in [0.15, 0.2) is 17.1 Å². The van der Waals surface area contributed by atoms with Gasteiger partial charge in [0.05, 0.1) is 28.5 Å². The monoisotopic (exact) mass is 413 g/mol. The first-order valence-electron chi connectivity index (χ1n) is 10.0. The van der Waals surface area contributed by atoms with Gasteiger partial charge in [-0.3, -0.25) is 15.0 Å². The number of carbonyl (C=O) groups is 1. The minimum atomic E-state index is -0.593. The van der Waals surface area contributed by atoms with Gasteiger partial charge in [-0.25, -0.2) is 9.78 Å². The third-order valence-corrected chi connectivity index (χ3v) is 6.27. The molecule has 1 aliphatic carbocycles. The number of anilines is 1. The molecule has 0 radical (unpaired) electrons.